The van der Waals surface area contributed by atoms with Crippen LogP contribution in [0.3, 0.4) is 0 Å². The summed E-state index contributed by atoms with van der Waals surface area (Å²) in [7, 11) is 0. The van der Waals surface area contributed by atoms with E-state index in [2.05, 4.69) is 20.4 Å². The first kappa shape index (κ1) is 23.2. The summed E-state index contributed by atoms with van der Waals surface area (Å²) in [6.07, 6.45) is 20.6. The number of rotatable bonds is 18. The van der Waals surface area contributed by atoms with Gasteiger partial charge in [0.1, 0.15) is 6.10 Å². The second-order valence-electron chi connectivity index (χ2n) is 7.05. The summed E-state index contributed by atoms with van der Waals surface area (Å²) in [6, 6.07) is 0. The second-order valence-corrected chi connectivity index (χ2v) is 7.05. The van der Waals surface area contributed by atoms with Crippen LogP contribution in [0.2, 0.25) is 0 Å². The molecular formula is C22H42O2. The van der Waals surface area contributed by atoms with Crippen LogP contribution in [0.25, 0.3) is 0 Å². The second kappa shape index (κ2) is 18.5. The molecule has 0 aliphatic rings. The van der Waals surface area contributed by atoms with Crippen molar-refractivity contribution in [3.8, 4) is 0 Å². The predicted molar refractivity (Wildman–Crippen MR) is 105 cm³/mol. The first-order chi connectivity index (χ1) is 11.7. The third-order valence-electron chi connectivity index (χ3n) is 4.60. The van der Waals surface area contributed by atoms with E-state index < -0.39 is 0 Å². The van der Waals surface area contributed by atoms with Gasteiger partial charge in [0.05, 0.1) is 0 Å². The van der Waals surface area contributed by atoms with Gasteiger partial charge in [-0.3, -0.25) is 4.79 Å². The topological polar surface area (TPSA) is 26.3 Å². The third kappa shape index (κ3) is 16.1. The molecule has 0 spiro atoms. The largest absolute Gasteiger partial charge is 0.462 e. The highest BCUT2D eigenvalue weighted by Crippen LogP contribution is 2.15. The maximum absolute atomic E-state index is 12.0. The summed E-state index contributed by atoms with van der Waals surface area (Å²) >= 11 is 0. The van der Waals surface area contributed by atoms with Gasteiger partial charge in [0.2, 0.25) is 0 Å². The van der Waals surface area contributed by atoms with Gasteiger partial charge in [-0.25, -0.2) is 0 Å². The van der Waals surface area contributed by atoms with Gasteiger partial charge < -0.3 is 4.74 Å². The Morgan fingerprint density at radius 3 is 1.96 bits per heavy atom. The summed E-state index contributed by atoms with van der Waals surface area (Å²) in [5.41, 5.74) is 0. The van der Waals surface area contributed by atoms with Crippen molar-refractivity contribution in [2.45, 2.75) is 123 Å². The number of carbonyl (C=O) groups is 1. The van der Waals surface area contributed by atoms with Gasteiger partial charge in [-0.15, -0.1) is 6.58 Å². The molecule has 0 aliphatic heterocycles. The van der Waals surface area contributed by atoms with Gasteiger partial charge in [0.15, 0.2) is 0 Å². The zero-order valence-electron chi connectivity index (χ0n) is 16.5. The Bertz CT molecular complexity index is 286. The van der Waals surface area contributed by atoms with E-state index in [0.29, 0.717) is 6.42 Å². The lowest BCUT2D eigenvalue weighted by molar-refractivity contribution is -0.149. The summed E-state index contributed by atoms with van der Waals surface area (Å²) in [6.45, 7) is 8.23. The first-order valence-electron chi connectivity index (χ1n) is 10.5. The van der Waals surface area contributed by atoms with E-state index in [1.54, 1.807) is 0 Å². The van der Waals surface area contributed by atoms with Crippen molar-refractivity contribution in [1.29, 1.82) is 0 Å². The van der Waals surface area contributed by atoms with Crippen molar-refractivity contribution in [2.75, 3.05) is 0 Å². The number of carbonyl (C=O) groups excluding carboxylic acids is 1. The summed E-state index contributed by atoms with van der Waals surface area (Å²) in [5.74, 6) is 0.00325. The van der Waals surface area contributed by atoms with E-state index >= 15 is 0 Å². The summed E-state index contributed by atoms with van der Waals surface area (Å²) < 4.78 is 5.68. The minimum atomic E-state index is 0.00325. The van der Waals surface area contributed by atoms with Crippen LogP contribution in [0.5, 0.6) is 0 Å². The SMILES string of the molecule is C=CCCC(CCCCC)OC(=O)CCCCCCCCCCC. The molecule has 0 fully saturated rings. The molecule has 0 aromatic rings. The van der Waals surface area contributed by atoms with Crippen LogP contribution < -0.4 is 0 Å². The van der Waals surface area contributed by atoms with E-state index in [9.17, 15) is 4.79 Å². The lowest BCUT2D eigenvalue weighted by atomic mass is 10.1. The predicted octanol–water partition coefficient (Wildman–Crippen LogP) is 7.37. The van der Waals surface area contributed by atoms with Gasteiger partial charge in [0.25, 0.3) is 0 Å². The molecule has 0 radical (unpaired) electrons. The molecule has 2 heteroatoms. The molecule has 0 heterocycles. The maximum atomic E-state index is 12.0. The Labute approximate surface area is 151 Å². The molecule has 0 amide bonds. The molecular weight excluding hydrogens is 296 g/mol. The number of hydrogen-bond donors (Lipinski definition) is 0. The first-order valence-corrected chi connectivity index (χ1v) is 10.5. The third-order valence-corrected chi connectivity index (χ3v) is 4.60. The highest BCUT2D eigenvalue weighted by Gasteiger charge is 2.13. The van der Waals surface area contributed by atoms with Gasteiger partial charge in [-0.2, -0.15) is 0 Å². The Hall–Kier alpha value is -0.790. The van der Waals surface area contributed by atoms with Crippen molar-refractivity contribution >= 4 is 5.97 Å². The number of ether oxygens (including phenoxy) is 1. The molecule has 142 valence electrons. The fourth-order valence-electron chi connectivity index (χ4n) is 3.01. The van der Waals surface area contributed by atoms with Crippen LogP contribution in [0.1, 0.15) is 117 Å². The van der Waals surface area contributed by atoms with Crippen LogP contribution in [-0.2, 0) is 9.53 Å². The van der Waals surface area contributed by atoms with Crippen LogP contribution in [-0.4, -0.2) is 12.1 Å². The highest BCUT2D eigenvalue weighted by molar-refractivity contribution is 5.69. The lowest BCUT2D eigenvalue weighted by Crippen LogP contribution is -2.18. The standard InChI is InChI=1S/C22H42O2/c1-4-7-10-11-12-13-14-15-17-20-22(23)24-21(18-9-6-3)19-16-8-5-2/h6,21H,3-5,7-20H2,1-2H3. The fourth-order valence-corrected chi connectivity index (χ4v) is 3.01. The summed E-state index contributed by atoms with van der Waals surface area (Å²) in [4.78, 5) is 12.0. The molecule has 2 nitrogen and oxygen atoms in total. The number of hydrogen-bond acceptors (Lipinski definition) is 2. The van der Waals surface area contributed by atoms with Crippen molar-refractivity contribution in [3.05, 3.63) is 12.7 Å². The number of esters is 1. The Balaban J connectivity index is 3.65. The normalized spacial score (nSPS) is 12.1. The molecule has 0 saturated heterocycles. The Morgan fingerprint density at radius 2 is 1.38 bits per heavy atom. The monoisotopic (exact) mass is 338 g/mol. The minimum Gasteiger partial charge on any atom is -0.462 e. The van der Waals surface area contributed by atoms with E-state index in [4.69, 9.17) is 4.74 Å². The van der Waals surface area contributed by atoms with Crippen molar-refractivity contribution < 1.29 is 9.53 Å². The Morgan fingerprint density at radius 1 is 0.833 bits per heavy atom. The summed E-state index contributed by atoms with van der Waals surface area (Å²) in [5, 5.41) is 0. The molecule has 0 aromatic carbocycles. The van der Waals surface area contributed by atoms with E-state index in [1.165, 1.54) is 57.8 Å². The molecule has 0 N–H and O–H groups in total. The molecule has 24 heavy (non-hydrogen) atoms. The van der Waals surface area contributed by atoms with Gasteiger partial charge in [0, 0.05) is 6.42 Å². The maximum Gasteiger partial charge on any atom is 0.306 e. The molecule has 1 atom stereocenters. The minimum absolute atomic E-state index is 0.00325. The molecule has 0 saturated carbocycles. The zero-order chi connectivity index (χ0) is 17.9. The van der Waals surface area contributed by atoms with Crippen LogP contribution in [0.15, 0.2) is 12.7 Å². The molecule has 1 unspecified atom stereocenters. The van der Waals surface area contributed by atoms with E-state index in [0.717, 1.165) is 38.5 Å². The molecule has 0 bridgehead atoms. The highest BCUT2D eigenvalue weighted by atomic mass is 16.5. The Kier molecular flexibility index (Phi) is 17.9. The van der Waals surface area contributed by atoms with Gasteiger partial charge >= 0.3 is 5.97 Å². The number of allylic oxidation sites excluding steroid dienone is 1. The average molecular weight is 339 g/mol. The van der Waals surface area contributed by atoms with Crippen LogP contribution >= 0.6 is 0 Å². The van der Waals surface area contributed by atoms with Gasteiger partial charge in [-0.1, -0.05) is 84.1 Å². The van der Waals surface area contributed by atoms with Crippen LogP contribution in [0.4, 0.5) is 0 Å². The van der Waals surface area contributed by atoms with E-state index in [-0.39, 0.29) is 12.1 Å². The fraction of sp³-hybridized carbons (Fsp3) is 0.864. The lowest BCUT2D eigenvalue weighted by Gasteiger charge is -2.17. The quantitative estimate of drug-likeness (QED) is 0.148. The average Bonchev–Trinajstić information content (AvgIpc) is 2.58. The zero-order valence-corrected chi connectivity index (χ0v) is 16.5. The molecule has 0 aromatic heterocycles. The van der Waals surface area contributed by atoms with Crippen molar-refractivity contribution in [2.24, 2.45) is 0 Å². The molecule has 0 rings (SSSR count). The van der Waals surface area contributed by atoms with Crippen LogP contribution in [0, 0.1) is 0 Å². The van der Waals surface area contributed by atoms with E-state index in [1.807, 2.05) is 6.08 Å². The smallest absolute Gasteiger partial charge is 0.306 e. The number of unbranched alkanes of at least 4 members (excludes halogenated alkanes) is 10. The van der Waals surface area contributed by atoms with Crippen molar-refractivity contribution in [1.82, 2.24) is 0 Å². The van der Waals surface area contributed by atoms with Crippen molar-refractivity contribution in [3.63, 3.8) is 0 Å². The molecule has 0 aliphatic carbocycles. The van der Waals surface area contributed by atoms with Gasteiger partial charge in [-0.05, 0) is 32.1 Å².